The van der Waals surface area contributed by atoms with Crippen LogP contribution in [0.2, 0.25) is 0 Å². The van der Waals surface area contributed by atoms with Crippen molar-refractivity contribution in [2.45, 2.75) is 19.8 Å². The lowest BCUT2D eigenvalue weighted by atomic mass is 10.0. The number of rotatable bonds is 8. The van der Waals surface area contributed by atoms with Crippen LogP contribution < -0.4 is 14.2 Å². The van der Waals surface area contributed by atoms with Crippen molar-refractivity contribution in [3.05, 3.63) is 78.4 Å². The molecular formula is C24H24O4. The Morgan fingerprint density at radius 3 is 1.89 bits per heavy atom. The predicted octanol–water partition coefficient (Wildman–Crippen LogP) is 5.44. The Morgan fingerprint density at radius 1 is 0.750 bits per heavy atom. The molecule has 0 atom stereocenters. The van der Waals surface area contributed by atoms with Gasteiger partial charge in [0, 0.05) is 6.42 Å². The molecule has 4 nitrogen and oxygen atoms in total. The first-order valence-corrected chi connectivity index (χ1v) is 9.29. The zero-order valence-electron chi connectivity index (χ0n) is 16.2. The van der Waals surface area contributed by atoms with E-state index in [4.69, 9.17) is 14.2 Å². The third kappa shape index (κ3) is 5.61. The minimum atomic E-state index is -0.263. The van der Waals surface area contributed by atoms with Crippen molar-refractivity contribution in [1.29, 1.82) is 0 Å². The van der Waals surface area contributed by atoms with E-state index in [0.29, 0.717) is 25.2 Å². The Balaban J connectivity index is 1.42. The molecule has 3 aromatic rings. The van der Waals surface area contributed by atoms with Crippen molar-refractivity contribution in [3.8, 4) is 28.4 Å². The number of hydrogen-bond donors (Lipinski definition) is 0. The van der Waals surface area contributed by atoms with Crippen LogP contribution in [0.25, 0.3) is 11.1 Å². The van der Waals surface area contributed by atoms with Crippen LogP contribution in [-0.2, 0) is 4.79 Å². The summed E-state index contributed by atoms with van der Waals surface area (Å²) in [6, 6.07) is 23.2. The van der Waals surface area contributed by atoms with E-state index >= 15 is 0 Å². The Labute approximate surface area is 165 Å². The maximum absolute atomic E-state index is 12.0. The highest BCUT2D eigenvalue weighted by molar-refractivity contribution is 5.73. The molecule has 3 rings (SSSR count). The average Bonchev–Trinajstić information content (AvgIpc) is 2.73. The third-order valence-electron chi connectivity index (χ3n) is 4.32. The summed E-state index contributed by atoms with van der Waals surface area (Å²) < 4.78 is 16.1. The molecule has 0 saturated carbocycles. The van der Waals surface area contributed by atoms with Crippen LogP contribution in [0.3, 0.4) is 0 Å². The second-order valence-electron chi connectivity index (χ2n) is 6.49. The highest BCUT2D eigenvalue weighted by Crippen LogP contribution is 2.23. The molecule has 0 heterocycles. The summed E-state index contributed by atoms with van der Waals surface area (Å²) in [5.41, 5.74) is 3.46. The molecule has 0 aromatic heterocycles. The van der Waals surface area contributed by atoms with Crippen molar-refractivity contribution >= 4 is 5.97 Å². The fraction of sp³-hybridized carbons (Fsp3) is 0.208. The lowest BCUT2D eigenvalue weighted by molar-refractivity contribution is -0.134. The molecule has 0 saturated heterocycles. The summed E-state index contributed by atoms with van der Waals surface area (Å²) in [4.78, 5) is 12.0. The van der Waals surface area contributed by atoms with Crippen LogP contribution in [-0.4, -0.2) is 19.7 Å². The Kier molecular flexibility index (Phi) is 6.68. The lowest BCUT2D eigenvalue weighted by Gasteiger charge is -2.08. The fourth-order valence-electron chi connectivity index (χ4n) is 2.72. The molecule has 0 unspecified atom stereocenters. The fourth-order valence-corrected chi connectivity index (χ4v) is 2.72. The molecule has 0 N–H and O–H groups in total. The van der Waals surface area contributed by atoms with Gasteiger partial charge in [-0.25, -0.2) is 0 Å². The van der Waals surface area contributed by atoms with Crippen molar-refractivity contribution in [2.24, 2.45) is 0 Å². The number of benzene rings is 3. The van der Waals surface area contributed by atoms with Gasteiger partial charge in [0.25, 0.3) is 0 Å². The van der Waals surface area contributed by atoms with Crippen LogP contribution in [0.4, 0.5) is 0 Å². The van der Waals surface area contributed by atoms with Crippen LogP contribution in [0, 0.1) is 6.92 Å². The predicted molar refractivity (Wildman–Crippen MR) is 110 cm³/mol. The number of carbonyl (C=O) groups excluding carboxylic acids is 1. The van der Waals surface area contributed by atoms with E-state index < -0.39 is 0 Å². The van der Waals surface area contributed by atoms with Gasteiger partial charge in [0.15, 0.2) is 0 Å². The highest BCUT2D eigenvalue weighted by Gasteiger charge is 2.06. The quantitative estimate of drug-likeness (QED) is 0.298. The van der Waals surface area contributed by atoms with Crippen molar-refractivity contribution < 1.29 is 19.0 Å². The molecular weight excluding hydrogens is 352 g/mol. The number of ether oxygens (including phenoxy) is 3. The minimum Gasteiger partial charge on any atom is -0.497 e. The first-order chi connectivity index (χ1) is 13.6. The van der Waals surface area contributed by atoms with Gasteiger partial charge in [0.05, 0.1) is 13.7 Å². The second-order valence-corrected chi connectivity index (χ2v) is 6.49. The summed E-state index contributed by atoms with van der Waals surface area (Å²) >= 11 is 0. The molecule has 0 bridgehead atoms. The Morgan fingerprint density at radius 2 is 1.29 bits per heavy atom. The molecule has 0 aliphatic rings. The zero-order valence-corrected chi connectivity index (χ0v) is 16.2. The summed E-state index contributed by atoms with van der Waals surface area (Å²) in [6.45, 7) is 2.52. The summed E-state index contributed by atoms with van der Waals surface area (Å²) in [7, 11) is 1.62. The van der Waals surface area contributed by atoms with Crippen LogP contribution in [0.15, 0.2) is 72.8 Å². The van der Waals surface area contributed by atoms with Gasteiger partial charge in [-0.15, -0.1) is 0 Å². The number of hydrogen-bond acceptors (Lipinski definition) is 4. The van der Waals surface area contributed by atoms with E-state index in [0.717, 1.165) is 22.6 Å². The SMILES string of the molecule is COc1ccc(OCCCC(=O)Oc2ccc(-c3ccc(C)cc3)cc2)cc1. The van der Waals surface area contributed by atoms with E-state index in [9.17, 15) is 4.79 Å². The largest absolute Gasteiger partial charge is 0.497 e. The monoisotopic (exact) mass is 376 g/mol. The molecule has 0 radical (unpaired) electrons. The van der Waals surface area contributed by atoms with E-state index in [1.165, 1.54) is 5.56 Å². The first-order valence-electron chi connectivity index (χ1n) is 9.29. The topological polar surface area (TPSA) is 44.8 Å². The van der Waals surface area contributed by atoms with Crippen molar-refractivity contribution in [2.75, 3.05) is 13.7 Å². The Bertz CT molecular complexity index is 881. The third-order valence-corrected chi connectivity index (χ3v) is 4.32. The van der Waals surface area contributed by atoms with Gasteiger partial charge in [0.1, 0.15) is 17.2 Å². The van der Waals surface area contributed by atoms with Crippen molar-refractivity contribution in [1.82, 2.24) is 0 Å². The standard InChI is InChI=1S/C24H24O4/c1-18-5-7-19(8-6-18)20-9-11-23(12-10-20)28-24(25)4-3-17-27-22-15-13-21(26-2)14-16-22/h5-16H,3-4,17H2,1-2H3. The number of carbonyl (C=O) groups is 1. The molecule has 144 valence electrons. The summed E-state index contributed by atoms with van der Waals surface area (Å²) in [6.07, 6.45) is 0.891. The molecule has 0 aliphatic heterocycles. The molecule has 0 fully saturated rings. The first kappa shape index (κ1) is 19.5. The van der Waals surface area contributed by atoms with E-state index in [1.54, 1.807) is 7.11 Å². The second kappa shape index (κ2) is 9.60. The molecule has 0 spiro atoms. The average molecular weight is 376 g/mol. The molecule has 0 amide bonds. The maximum atomic E-state index is 12.0. The maximum Gasteiger partial charge on any atom is 0.311 e. The zero-order chi connectivity index (χ0) is 19.8. The number of aryl methyl sites for hydroxylation is 1. The van der Waals surface area contributed by atoms with Gasteiger partial charge >= 0.3 is 5.97 Å². The van der Waals surface area contributed by atoms with Gasteiger partial charge in [-0.2, -0.15) is 0 Å². The molecule has 3 aromatic carbocycles. The molecule has 4 heteroatoms. The number of esters is 1. The van der Waals surface area contributed by atoms with Crippen LogP contribution >= 0.6 is 0 Å². The van der Waals surface area contributed by atoms with E-state index in [1.807, 2.05) is 48.5 Å². The van der Waals surface area contributed by atoms with Gasteiger partial charge < -0.3 is 14.2 Å². The van der Waals surface area contributed by atoms with E-state index in [2.05, 4.69) is 31.2 Å². The molecule has 28 heavy (non-hydrogen) atoms. The van der Waals surface area contributed by atoms with Gasteiger partial charge in [-0.1, -0.05) is 42.0 Å². The van der Waals surface area contributed by atoms with Crippen LogP contribution in [0.1, 0.15) is 18.4 Å². The lowest BCUT2D eigenvalue weighted by Crippen LogP contribution is -2.09. The van der Waals surface area contributed by atoms with Gasteiger partial charge in [-0.05, 0) is 60.9 Å². The van der Waals surface area contributed by atoms with Crippen LogP contribution in [0.5, 0.6) is 17.2 Å². The summed E-state index contributed by atoms with van der Waals surface area (Å²) in [5.74, 6) is 1.82. The number of methoxy groups -OCH3 is 1. The van der Waals surface area contributed by atoms with Crippen molar-refractivity contribution in [3.63, 3.8) is 0 Å². The summed E-state index contributed by atoms with van der Waals surface area (Å²) in [5, 5.41) is 0. The van der Waals surface area contributed by atoms with Gasteiger partial charge in [-0.3, -0.25) is 4.79 Å². The highest BCUT2D eigenvalue weighted by atomic mass is 16.5. The van der Waals surface area contributed by atoms with E-state index in [-0.39, 0.29) is 5.97 Å². The smallest absolute Gasteiger partial charge is 0.311 e. The Hall–Kier alpha value is -3.27. The minimum absolute atomic E-state index is 0.263. The van der Waals surface area contributed by atoms with Gasteiger partial charge in [0.2, 0.25) is 0 Å². The normalized spacial score (nSPS) is 10.4. The molecule has 0 aliphatic carbocycles.